The Hall–Kier alpha value is -1.36. The van der Waals surface area contributed by atoms with E-state index in [1.807, 2.05) is 13.1 Å². The fourth-order valence-corrected chi connectivity index (χ4v) is 1.43. The van der Waals surface area contributed by atoms with Crippen LogP contribution in [0.5, 0.6) is 0 Å². The van der Waals surface area contributed by atoms with Gasteiger partial charge >= 0.3 is 5.97 Å². The molecule has 16 heavy (non-hydrogen) atoms. The Balaban J connectivity index is 2.95. The number of rotatable bonds is 4. The first kappa shape index (κ1) is 12.7. The van der Waals surface area contributed by atoms with E-state index in [1.54, 1.807) is 24.7 Å². The number of methoxy groups -OCH3 is 1. The van der Waals surface area contributed by atoms with Gasteiger partial charge in [0, 0.05) is 18.2 Å². The predicted molar refractivity (Wildman–Crippen MR) is 58.9 cm³/mol. The van der Waals surface area contributed by atoms with E-state index in [2.05, 4.69) is 9.84 Å². The molecule has 0 aliphatic carbocycles. The SMILES string of the molecule is CCn1cc(C(C)(C)C(O)C(=O)OC)cn1. The Kier molecular flexibility index (Phi) is 3.70. The second-order valence-corrected chi connectivity index (χ2v) is 4.23. The number of aliphatic hydroxyl groups is 1. The zero-order valence-electron chi connectivity index (χ0n) is 10.1. The quantitative estimate of drug-likeness (QED) is 0.768. The molecule has 0 saturated carbocycles. The number of carbonyl (C=O) groups excluding carboxylic acids is 1. The molecular formula is C11H18N2O3. The number of aliphatic hydroxyl groups excluding tert-OH is 1. The molecule has 0 aliphatic rings. The van der Waals surface area contributed by atoms with E-state index in [1.165, 1.54) is 7.11 Å². The first-order valence-corrected chi connectivity index (χ1v) is 5.22. The Morgan fingerprint density at radius 1 is 1.69 bits per heavy atom. The van der Waals surface area contributed by atoms with Crippen LogP contribution in [0.15, 0.2) is 12.4 Å². The van der Waals surface area contributed by atoms with Crippen molar-refractivity contribution >= 4 is 5.97 Å². The molecule has 1 aromatic rings. The summed E-state index contributed by atoms with van der Waals surface area (Å²) in [6, 6.07) is 0. The van der Waals surface area contributed by atoms with Crippen molar-refractivity contribution in [3.8, 4) is 0 Å². The minimum absolute atomic E-state index is 0.630. The maximum atomic E-state index is 11.3. The molecule has 0 amide bonds. The molecule has 1 rings (SSSR count). The highest BCUT2D eigenvalue weighted by Crippen LogP contribution is 2.27. The molecule has 5 heteroatoms. The molecule has 0 aliphatic heterocycles. The van der Waals surface area contributed by atoms with Gasteiger partial charge in [0.05, 0.1) is 13.3 Å². The third kappa shape index (κ3) is 2.24. The van der Waals surface area contributed by atoms with E-state index in [4.69, 9.17) is 0 Å². The zero-order chi connectivity index (χ0) is 12.3. The molecule has 1 N–H and O–H groups in total. The Labute approximate surface area is 95.0 Å². The fraction of sp³-hybridized carbons (Fsp3) is 0.636. The normalized spacial score (nSPS) is 13.6. The Morgan fingerprint density at radius 3 is 2.75 bits per heavy atom. The van der Waals surface area contributed by atoms with Crippen LogP contribution in [0.3, 0.4) is 0 Å². The molecule has 0 radical (unpaired) electrons. The molecule has 1 aromatic heterocycles. The van der Waals surface area contributed by atoms with Gasteiger partial charge in [-0.3, -0.25) is 4.68 Å². The van der Waals surface area contributed by atoms with E-state index in [9.17, 15) is 9.90 Å². The number of hydrogen-bond donors (Lipinski definition) is 1. The van der Waals surface area contributed by atoms with E-state index < -0.39 is 17.5 Å². The van der Waals surface area contributed by atoms with Crippen LogP contribution in [-0.4, -0.2) is 34.1 Å². The van der Waals surface area contributed by atoms with Gasteiger partial charge in [-0.25, -0.2) is 4.79 Å². The average molecular weight is 226 g/mol. The van der Waals surface area contributed by atoms with Crippen molar-refractivity contribution in [1.82, 2.24) is 9.78 Å². The van der Waals surface area contributed by atoms with Crippen molar-refractivity contribution in [2.75, 3.05) is 7.11 Å². The number of aromatic nitrogens is 2. The van der Waals surface area contributed by atoms with Gasteiger partial charge in [0.25, 0.3) is 0 Å². The van der Waals surface area contributed by atoms with Crippen molar-refractivity contribution in [2.45, 2.75) is 38.8 Å². The summed E-state index contributed by atoms with van der Waals surface area (Å²) in [7, 11) is 1.26. The molecule has 0 bridgehead atoms. The van der Waals surface area contributed by atoms with Crippen LogP contribution in [0.1, 0.15) is 26.3 Å². The summed E-state index contributed by atoms with van der Waals surface area (Å²) >= 11 is 0. The zero-order valence-corrected chi connectivity index (χ0v) is 10.1. The first-order valence-electron chi connectivity index (χ1n) is 5.22. The lowest BCUT2D eigenvalue weighted by Gasteiger charge is -2.27. The second-order valence-electron chi connectivity index (χ2n) is 4.23. The molecule has 5 nitrogen and oxygen atoms in total. The Bertz CT molecular complexity index is 371. The third-order valence-electron chi connectivity index (χ3n) is 2.81. The minimum Gasteiger partial charge on any atom is -0.467 e. The van der Waals surface area contributed by atoms with Crippen molar-refractivity contribution in [2.24, 2.45) is 0 Å². The van der Waals surface area contributed by atoms with Crippen LogP contribution in [0.25, 0.3) is 0 Å². The van der Waals surface area contributed by atoms with Gasteiger partial charge in [-0.2, -0.15) is 5.10 Å². The van der Waals surface area contributed by atoms with Gasteiger partial charge in [-0.1, -0.05) is 13.8 Å². The van der Waals surface area contributed by atoms with Gasteiger partial charge in [-0.05, 0) is 12.5 Å². The summed E-state index contributed by atoms with van der Waals surface area (Å²) in [5.41, 5.74) is 0.104. The van der Waals surface area contributed by atoms with Crippen LogP contribution in [0, 0.1) is 0 Å². The van der Waals surface area contributed by atoms with Crippen molar-refractivity contribution in [1.29, 1.82) is 0 Å². The van der Waals surface area contributed by atoms with E-state index >= 15 is 0 Å². The van der Waals surface area contributed by atoms with Gasteiger partial charge in [0.1, 0.15) is 0 Å². The maximum Gasteiger partial charge on any atom is 0.335 e. The summed E-state index contributed by atoms with van der Waals surface area (Å²) < 4.78 is 6.29. The standard InChI is InChI=1S/C11H18N2O3/c1-5-13-7-8(6-12-13)11(2,3)9(14)10(15)16-4/h6-7,9,14H,5H2,1-4H3. The number of aryl methyl sites for hydroxylation is 1. The van der Waals surface area contributed by atoms with Gasteiger partial charge in [0.2, 0.25) is 0 Å². The van der Waals surface area contributed by atoms with E-state index in [0.29, 0.717) is 0 Å². The fourth-order valence-electron chi connectivity index (χ4n) is 1.43. The monoisotopic (exact) mass is 226 g/mol. The smallest absolute Gasteiger partial charge is 0.335 e. The number of nitrogens with zero attached hydrogens (tertiary/aromatic N) is 2. The van der Waals surface area contributed by atoms with Gasteiger partial charge < -0.3 is 9.84 Å². The average Bonchev–Trinajstić information content (AvgIpc) is 2.75. The summed E-state index contributed by atoms with van der Waals surface area (Å²) in [6.45, 7) is 6.29. The molecule has 1 atom stereocenters. The second kappa shape index (κ2) is 4.65. The largest absolute Gasteiger partial charge is 0.467 e. The summed E-state index contributed by atoms with van der Waals surface area (Å²) in [5.74, 6) is -0.630. The molecule has 1 unspecified atom stereocenters. The summed E-state index contributed by atoms with van der Waals surface area (Å²) in [6.07, 6.45) is 2.30. The predicted octanol–water partition coefficient (Wildman–Crippen LogP) is 0.714. The lowest BCUT2D eigenvalue weighted by Crippen LogP contribution is -2.40. The number of esters is 1. The minimum atomic E-state index is -1.19. The van der Waals surface area contributed by atoms with Crippen LogP contribution >= 0.6 is 0 Å². The van der Waals surface area contributed by atoms with Crippen LogP contribution in [0.2, 0.25) is 0 Å². The number of carbonyl (C=O) groups is 1. The molecule has 0 spiro atoms. The summed E-state index contributed by atoms with van der Waals surface area (Å²) in [4.78, 5) is 11.3. The van der Waals surface area contributed by atoms with Gasteiger partial charge in [-0.15, -0.1) is 0 Å². The van der Waals surface area contributed by atoms with E-state index in [0.717, 1.165) is 12.1 Å². The summed E-state index contributed by atoms with van der Waals surface area (Å²) in [5, 5.41) is 14.0. The van der Waals surface area contributed by atoms with Crippen LogP contribution < -0.4 is 0 Å². The van der Waals surface area contributed by atoms with Crippen LogP contribution in [0.4, 0.5) is 0 Å². The van der Waals surface area contributed by atoms with Crippen molar-refractivity contribution in [3.63, 3.8) is 0 Å². The first-order chi connectivity index (χ1) is 7.43. The lowest BCUT2D eigenvalue weighted by molar-refractivity contribution is -0.153. The molecule has 0 aromatic carbocycles. The highest BCUT2D eigenvalue weighted by molar-refractivity contribution is 5.76. The Morgan fingerprint density at radius 2 is 2.31 bits per heavy atom. The topological polar surface area (TPSA) is 64.4 Å². The third-order valence-corrected chi connectivity index (χ3v) is 2.81. The highest BCUT2D eigenvalue weighted by Gasteiger charge is 2.36. The van der Waals surface area contributed by atoms with Gasteiger partial charge in [0.15, 0.2) is 6.10 Å². The molecule has 0 fully saturated rings. The molecule has 1 heterocycles. The maximum absolute atomic E-state index is 11.3. The molecule has 90 valence electrons. The number of hydrogen-bond acceptors (Lipinski definition) is 4. The molecular weight excluding hydrogens is 208 g/mol. The lowest BCUT2D eigenvalue weighted by atomic mass is 9.81. The van der Waals surface area contributed by atoms with Crippen molar-refractivity contribution in [3.05, 3.63) is 18.0 Å². The number of ether oxygens (including phenoxy) is 1. The van der Waals surface area contributed by atoms with Crippen LogP contribution in [-0.2, 0) is 21.5 Å². The van der Waals surface area contributed by atoms with E-state index in [-0.39, 0.29) is 0 Å². The van der Waals surface area contributed by atoms with Crippen molar-refractivity contribution < 1.29 is 14.6 Å². The molecule has 0 saturated heterocycles. The highest BCUT2D eigenvalue weighted by atomic mass is 16.5.